The van der Waals surface area contributed by atoms with Gasteiger partial charge in [-0.1, -0.05) is 41.5 Å². The number of nitro benzene ring substituents is 1. The maximum absolute atomic E-state index is 13.8. The Kier molecular flexibility index (Phi) is 6.41. The average molecular weight is 513 g/mol. The normalized spacial score (nSPS) is 21.4. The van der Waals surface area contributed by atoms with Crippen molar-refractivity contribution in [2.24, 2.45) is 5.11 Å². The minimum absolute atomic E-state index is 0.0514. The van der Waals surface area contributed by atoms with E-state index in [0.717, 1.165) is 11.3 Å². The maximum atomic E-state index is 13.8. The molecule has 3 unspecified atom stereocenters. The zero-order valence-corrected chi connectivity index (χ0v) is 20.5. The van der Waals surface area contributed by atoms with E-state index in [4.69, 9.17) is 10.3 Å². The number of aromatic nitrogens is 1. The van der Waals surface area contributed by atoms with E-state index in [1.165, 1.54) is 12.1 Å². The van der Waals surface area contributed by atoms with Gasteiger partial charge in [0.05, 0.1) is 22.2 Å². The number of carbonyl (C=O) groups is 1. The second kappa shape index (κ2) is 9.85. The number of hydrogen-bond acceptors (Lipinski definition) is 9. The Hall–Kier alpha value is -4.93. The molecule has 38 heavy (non-hydrogen) atoms. The number of ketones is 1. The zero-order chi connectivity index (χ0) is 26.9. The van der Waals surface area contributed by atoms with Gasteiger partial charge in [0.2, 0.25) is 5.78 Å². The van der Waals surface area contributed by atoms with Crippen LogP contribution in [0.25, 0.3) is 10.4 Å². The first-order chi connectivity index (χ1) is 18.3. The number of nitrogens with one attached hydrogen (secondary N) is 3. The summed E-state index contributed by atoms with van der Waals surface area (Å²) in [6.07, 6.45) is 1.97. The molecule has 3 atom stereocenters. The second-order valence-corrected chi connectivity index (χ2v) is 9.46. The van der Waals surface area contributed by atoms with Crippen molar-refractivity contribution < 1.29 is 14.5 Å². The number of nitrogens with zero attached hydrogens (tertiary/aromatic N) is 5. The third kappa shape index (κ3) is 4.85. The van der Waals surface area contributed by atoms with Crippen LogP contribution in [-0.2, 0) is 4.74 Å². The van der Waals surface area contributed by atoms with Crippen LogP contribution in [0, 0.1) is 10.1 Å². The average Bonchev–Trinajstić information content (AvgIpc) is 3.28. The molecule has 2 aromatic carbocycles. The highest BCUT2D eigenvalue weighted by molar-refractivity contribution is 6.01. The Morgan fingerprint density at radius 3 is 2.55 bits per heavy atom. The third-order valence-corrected chi connectivity index (χ3v) is 6.39. The molecule has 12 heteroatoms. The topological polar surface area (TPSA) is 167 Å². The van der Waals surface area contributed by atoms with Gasteiger partial charge in [0.1, 0.15) is 6.17 Å². The van der Waals surface area contributed by atoms with Crippen LogP contribution in [0.15, 0.2) is 89.6 Å². The number of ether oxygens (including phenoxy) is 1. The van der Waals surface area contributed by atoms with Crippen LogP contribution in [0.1, 0.15) is 35.7 Å². The number of hydrogen-bond donors (Lipinski definition) is 3. The lowest BCUT2D eigenvalue weighted by Gasteiger charge is -2.40. The van der Waals surface area contributed by atoms with Gasteiger partial charge in [-0.15, -0.1) is 0 Å². The molecular weight excluding hydrogens is 488 g/mol. The number of anilines is 1. The minimum atomic E-state index is -0.951. The van der Waals surface area contributed by atoms with Crippen LogP contribution >= 0.6 is 0 Å². The molecule has 3 aromatic rings. The van der Waals surface area contributed by atoms with Crippen molar-refractivity contribution >= 4 is 22.8 Å². The number of benzene rings is 2. The molecule has 0 amide bonds. The monoisotopic (exact) mass is 512 g/mol. The summed E-state index contributed by atoms with van der Waals surface area (Å²) in [6, 6.07) is 16.1. The predicted octanol–water partition coefficient (Wildman–Crippen LogP) is 4.88. The van der Waals surface area contributed by atoms with Gasteiger partial charge in [-0.2, -0.15) is 0 Å². The highest BCUT2D eigenvalue weighted by Gasteiger charge is 2.49. The Bertz CT molecular complexity index is 1450. The summed E-state index contributed by atoms with van der Waals surface area (Å²) in [4.78, 5) is 31.6. The van der Waals surface area contributed by atoms with Gasteiger partial charge in [0.15, 0.2) is 12.0 Å². The van der Waals surface area contributed by atoms with Crippen molar-refractivity contribution in [3.8, 4) is 0 Å². The molecule has 0 fully saturated rings. The number of nitro groups is 1. The summed E-state index contributed by atoms with van der Waals surface area (Å²) in [7, 11) is 0. The fourth-order valence-corrected chi connectivity index (χ4v) is 4.74. The number of rotatable bonds is 7. The summed E-state index contributed by atoms with van der Waals surface area (Å²) in [6.45, 7) is 3.89. The molecule has 1 aromatic heterocycles. The first-order valence-corrected chi connectivity index (χ1v) is 11.8. The molecule has 0 saturated heterocycles. The van der Waals surface area contributed by atoms with Crippen molar-refractivity contribution in [3.63, 3.8) is 0 Å². The van der Waals surface area contributed by atoms with Crippen molar-refractivity contribution in [2.75, 3.05) is 5.32 Å². The lowest BCUT2D eigenvalue weighted by Crippen LogP contribution is -2.62. The molecule has 2 aliphatic heterocycles. The largest absolute Gasteiger partial charge is 0.466 e. The van der Waals surface area contributed by atoms with Gasteiger partial charge >= 0.3 is 0 Å². The van der Waals surface area contributed by atoms with Gasteiger partial charge < -0.3 is 15.4 Å². The van der Waals surface area contributed by atoms with Gasteiger partial charge in [-0.05, 0) is 37.1 Å². The molecule has 2 aliphatic rings. The third-order valence-electron chi connectivity index (χ3n) is 6.39. The van der Waals surface area contributed by atoms with Crippen molar-refractivity contribution in [1.29, 1.82) is 0 Å². The van der Waals surface area contributed by atoms with E-state index in [1.54, 1.807) is 48.8 Å². The molecule has 0 bridgehead atoms. The van der Waals surface area contributed by atoms with Gasteiger partial charge in [-0.3, -0.25) is 25.2 Å². The number of Topliss-reactive ketones (excluding diaryl/α,β-unsaturated/α-hetero) is 1. The molecule has 192 valence electrons. The van der Waals surface area contributed by atoms with Crippen LogP contribution in [0.4, 0.5) is 17.1 Å². The summed E-state index contributed by atoms with van der Waals surface area (Å²) in [5.74, 6) is -0.391. The quantitative estimate of drug-likeness (QED) is 0.101. The first-order valence-electron chi connectivity index (χ1n) is 11.8. The molecule has 0 radical (unpaired) electrons. The molecular formula is C26H24N8O4. The van der Waals surface area contributed by atoms with E-state index in [1.807, 2.05) is 26.0 Å². The van der Waals surface area contributed by atoms with Crippen LogP contribution in [0.3, 0.4) is 0 Å². The Morgan fingerprint density at radius 1 is 1.18 bits per heavy atom. The fourth-order valence-electron chi connectivity index (χ4n) is 4.74. The fraction of sp³-hybridized carbons (Fsp3) is 0.231. The van der Waals surface area contributed by atoms with Crippen LogP contribution < -0.4 is 16.0 Å². The SMILES string of the molecule is CC1(C)NC2=C(C(Nc3cccnc3)N1)C(c1ccc([N+](=O)[O-])cc1)C(C(=O)c1ccc(N=[N+]=[N-])cc1)O2. The number of non-ortho nitro benzene ring substituents is 1. The number of azide groups is 1. The van der Waals surface area contributed by atoms with Gasteiger partial charge in [0.25, 0.3) is 5.69 Å². The number of pyridine rings is 1. The molecule has 3 N–H and O–H groups in total. The van der Waals surface area contributed by atoms with E-state index in [-0.39, 0.29) is 11.5 Å². The zero-order valence-electron chi connectivity index (χ0n) is 20.5. The van der Waals surface area contributed by atoms with Crippen molar-refractivity contribution in [3.05, 3.63) is 116 Å². The van der Waals surface area contributed by atoms with Crippen LogP contribution in [-0.4, -0.2) is 33.6 Å². The minimum Gasteiger partial charge on any atom is -0.466 e. The van der Waals surface area contributed by atoms with E-state index >= 15 is 0 Å². The lowest BCUT2D eigenvalue weighted by molar-refractivity contribution is -0.384. The van der Waals surface area contributed by atoms with Gasteiger partial charge in [-0.25, -0.2) is 0 Å². The van der Waals surface area contributed by atoms with Crippen LogP contribution in [0.2, 0.25) is 0 Å². The Balaban J connectivity index is 1.57. The standard InChI is InChI=1S/C26H24N8O4/c1-26(2)30-24(29-18-4-3-13-28-14-18)21-20(15-7-11-19(12-8-15)34(36)37)23(38-25(21)31-26)22(35)16-5-9-17(10-6-16)32-33-27/h3-14,20,23-24,29-31H,1-2H3. The summed E-state index contributed by atoms with van der Waals surface area (Å²) >= 11 is 0. The summed E-state index contributed by atoms with van der Waals surface area (Å²) in [5.41, 5.74) is 11.0. The highest BCUT2D eigenvalue weighted by atomic mass is 16.6. The summed E-state index contributed by atoms with van der Waals surface area (Å²) < 4.78 is 6.32. The van der Waals surface area contributed by atoms with Gasteiger partial charge in [0, 0.05) is 46.3 Å². The van der Waals surface area contributed by atoms with E-state index < -0.39 is 28.8 Å². The second-order valence-electron chi connectivity index (χ2n) is 9.46. The summed E-state index contributed by atoms with van der Waals surface area (Å²) in [5, 5.41) is 25.1. The Labute approximate surface area is 217 Å². The van der Waals surface area contributed by atoms with Crippen LogP contribution in [0.5, 0.6) is 0 Å². The highest BCUT2D eigenvalue weighted by Crippen LogP contribution is 2.44. The molecule has 12 nitrogen and oxygen atoms in total. The van der Waals surface area contributed by atoms with Crippen molar-refractivity contribution in [1.82, 2.24) is 15.6 Å². The molecule has 0 spiro atoms. The Morgan fingerprint density at radius 2 is 1.92 bits per heavy atom. The first kappa shape index (κ1) is 24.8. The smallest absolute Gasteiger partial charge is 0.269 e. The maximum Gasteiger partial charge on any atom is 0.269 e. The van der Waals surface area contributed by atoms with E-state index in [0.29, 0.717) is 22.7 Å². The number of carbonyl (C=O) groups excluding carboxylic acids is 1. The molecule has 0 aliphatic carbocycles. The predicted molar refractivity (Wildman–Crippen MR) is 139 cm³/mol. The molecule has 0 saturated carbocycles. The van der Waals surface area contributed by atoms with E-state index in [2.05, 4.69) is 31.0 Å². The van der Waals surface area contributed by atoms with Crippen molar-refractivity contribution in [2.45, 2.75) is 37.7 Å². The lowest BCUT2D eigenvalue weighted by atomic mass is 9.82. The molecule has 3 heterocycles. The van der Waals surface area contributed by atoms with E-state index in [9.17, 15) is 14.9 Å². The molecule has 5 rings (SSSR count).